The predicted molar refractivity (Wildman–Crippen MR) is 86.6 cm³/mol. The molecule has 0 unspecified atom stereocenters. The van der Waals surface area contributed by atoms with Crippen LogP contribution in [0.25, 0.3) is 11.0 Å². The molecule has 5 N–H and O–H groups in total. The Balaban J connectivity index is 1.81. The van der Waals surface area contributed by atoms with Crippen LogP contribution in [0.1, 0.15) is 32.7 Å². The van der Waals surface area contributed by atoms with Crippen LogP contribution in [0, 0.1) is 11.3 Å². The van der Waals surface area contributed by atoms with Crippen molar-refractivity contribution in [2.75, 3.05) is 12.3 Å². The Hall–Kier alpha value is -1.70. The summed E-state index contributed by atoms with van der Waals surface area (Å²) < 4.78 is 1.81. The highest BCUT2D eigenvalue weighted by molar-refractivity contribution is 5.86. The zero-order valence-electron chi connectivity index (χ0n) is 13.4. The van der Waals surface area contributed by atoms with E-state index in [2.05, 4.69) is 9.97 Å². The van der Waals surface area contributed by atoms with Crippen molar-refractivity contribution in [2.24, 2.45) is 11.3 Å². The molecular formula is C16H24N4O3. The zero-order valence-corrected chi connectivity index (χ0v) is 13.4. The highest BCUT2D eigenvalue weighted by atomic mass is 16.3. The summed E-state index contributed by atoms with van der Waals surface area (Å²) in [4.78, 5) is 8.19. The number of nitrogen functional groups attached to an aromatic ring is 1. The van der Waals surface area contributed by atoms with Gasteiger partial charge in [0.1, 0.15) is 23.9 Å². The molecule has 2 aromatic rings. The molecule has 126 valence electrons. The van der Waals surface area contributed by atoms with Crippen molar-refractivity contribution >= 4 is 16.9 Å². The van der Waals surface area contributed by atoms with Crippen molar-refractivity contribution in [2.45, 2.75) is 44.9 Å². The van der Waals surface area contributed by atoms with Crippen LogP contribution in [0.4, 0.5) is 5.82 Å². The van der Waals surface area contributed by atoms with Gasteiger partial charge in [0.2, 0.25) is 0 Å². The van der Waals surface area contributed by atoms with Crippen molar-refractivity contribution in [1.29, 1.82) is 0 Å². The van der Waals surface area contributed by atoms with E-state index < -0.39 is 12.2 Å². The molecule has 0 spiro atoms. The average molecular weight is 320 g/mol. The summed E-state index contributed by atoms with van der Waals surface area (Å²) in [7, 11) is 0. The van der Waals surface area contributed by atoms with Gasteiger partial charge in [-0.2, -0.15) is 0 Å². The van der Waals surface area contributed by atoms with Gasteiger partial charge in [0.25, 0.3) is 0 Å². The lowest BCUT2D eigenvalue weighted by Crippen LogP contribution is -2.52. The summed E-state index contributed by atoms with van der Waals surface area (Å²) in [5, 5.41) is 31.1. The molecule has 1 aliphatic carbocycles. The first-order valence-corrected chi connectivity index (χ1v) is 7.91. The van der Waals surface area contributed by atoms with Gasteiger partial charge in [-0.15, -0.1) is 0 Å². The van der Waals surface area contributed by atoms with Gasteiger partial charge in [-0.3, -0.25) is 0 Å². The molecule has 3 rings (SSSR count). The van der Waals surface area contributed by atoms with Crippen LogP contribution < -0.4 is 5.73 Å². The minimum absolute atomic E-state index is 0.131. The third kappa shape index (κ3) is 2.58. The van der Waals surface area contributed by atoms with E-state index in [1.807, 2.05) is 24.5 Å². The smallest absolute Gasteiger partial charge is 0.145 e. The molecule has 7 nitrogen and oxygen atoms in total. The number of rotatable bonds is 5. The van der Waals surface area contributed by atoms with Gasteiger partial charge in [-0.05, 0) is 37.2 Å². The SMILES string of the molecule is C[C@H]([C@H](O)[C@H](O)C1(C)CC(CO)C1)n1ccc2c(N)ncnc21. The van der Waals surface area contributed by atoms with E-state index in [1.165, 1.54) is 6.33 Å². The number of anilines is 1. The molecule has 0 saturated heterocycles. The molecular weight excluding hydrogens is 296 g/mol. The van der Waals surface area contributed by atoms with E-state index in [-0.39, 0.29) is 24.0 Å². The average Bonchev–Trinajstić information content (AvgIpc) is 2.95. The third-order valence-electron chi connectivity index (χ3n) is 5.28. The van der Waals surface area contributed by atoms with Gasteiger partial charge in [0, 0.05) is 12.8 Å². The molecule has 23 heavy (non-hydrogen) atoms. The van der Waals surface area contributed by atoms with Gasteiger partial charge >= 0.3 is 0 Å². The van der Waals surface area contributed by atoms with Gasteiger partial charge in [0.15, 0.2) is 0 Å². The Kier molecular flexibility index (Phi) is 4.03. The first-order chi connectivity index (χ1) is 10.9. The molecule has 0 amide bonds. The Morgan fingerprint density at radius 1 is 1.39 bits per heavy atom. The monoisotopic (exact) mass is 320 g/mol. The van der Waals surface area contributed by atoms with Crippen molar-refractivity contribution in [3.8, 4) is 0 Å². The summed E-state index contributed by atoms with van der Waals surface area (Å²) in [5.74, 6) is 0.616. The zero-order chi connectivity index (χ0) is 16.8. The van der Waals surface area contributed by atoms with Gasteiger partial charge in [0.05, 0.1) is 17.5 Å². The minimum atomic E-state index is -0.938. The van der Waals surface area contributed by atoms with Crippen molar-refractivity contribution in [1.82, 2.24) is 14.5 Å². The van der Waals surface area contributed by atoms with Crippen LogP contribution in [0.15, 0.2) is 18.6 Å². The van der Waals surface area contributed by atoms with E-state index >= 15 is 0 Å². The van der Waals surface area contributed by atoms with Crippen molar-refractivity contribution < 1.29 is 15.3 Å². The normalized spacial score (nSPS) is 28.3. The third-order valence-corrected chi connectivity index (χ3v) is 5.28. The fourth-order valence-electron chi connectivity index (χ4n) is 3.79. The second-order valence-corrected chi connectivity index (χ2v) is 7.01. The lowest BCUT2D eigenvalue weighted by atomic mass is 9.59. The standard InChI is InChI=1S/C16H24N4O3/c1-9(12(22)13(23)16(2)5-10(6-16)7-21)20-4-3-11-14(17)18-8-19-15(11)20/h3-4,8-10,12-13,21-23H,5-7H2,1-2H3,(H2,17,18,19)/t9-,10?,12+,13+,16?/m1/s1. The number of aliphatic hydroxyl groups excluding tert-OH is 3. The Morgan fingerprint density at radius 3 is 2.74 bits per heavy atom. The largest absolute Gasteiger partial charge is 0.396 e. The molecule has 2 aromatic heterocycles. The van der Waals surface area contributed by atoms with Crippen molar-refractivity contribution in [3.63, 3.8) is 0 Å². The molecule has 3 atom stereocenters. The van der Waals surface area contributed by atoms with E-state index in [4.69, 9.17) is 10.8 Å². The molecule has 0 bridgehead atoms. The molecule has 0 aliphatic heterocycles. The van der Waals surface area contributed by atoms with Gasteiger partial charge < -0.3 is 25.6 Å². The van der Waals surface area contributed by atoms with E-state index in [0.717, 1.165) is 18.2 Å². The fourth-order valence-corrected chi connectivity index (χ4v) is 3.79. The highest BCUT2D eigenvalue weighted by Gasteiger charge is 2.48. The molecule has 1 saturated carbocycles. The maximum atomic E-state index is 10.6. The first kappa shape index (κ1) is 16.2. The van der Waals surface area contributed by atoms with E-state index in [0.29, 0.717) is 11.5 Å². The molecule has 0 radical (unpaired) electrons. The lowest BCUT2D eigenvalue weighted by molar-refractivity contribution is -0.131. The Labute approximate surface area is 134 Å². The molecule has 0 aromatic carbocycles. The Morgan fingerprint density at radius 2 is 2.09 bits per heavy atom. The number of fused-ring (bicyclic) bond motifs is 1. The predicted octanol–water partition coefficient (Wildman–Crippen LogP) is 0.705. The number of nitrogens with zero attached hydrogens (tertiary/aromatic N) is 3. The number of aromatic nitrogens is 3. The maximum Gasteiger partial charge on any atom is 0.145 e. The van der Waals surface area contributed by atoms with E-state index in [9.17, 15) is 10.2 Å². The van der Waals surface area contributed by atoms with Crippen LogP contribution in [0.2, 0.25) is 0 Å². The van der Waals surface area contributed by atoms with Crippen LogP contribution in [0.3, 0.4) is 0 Å². The fraction of sp³-hybridized carbons (Fsp3) is 0.625. The van der Waals surface area contributed by atoms with E-state index in [1.54, 1.807) is 6.20 Å². The Bertz CT molecular complexity index is 696. The number of nitrogens with two attached hydrogens (primary N) is 1. The summed E-state index contributed by atoms with van der Waals surface area (Å²) in [6.07, 6.45) is 2.83. The van der Waals surface area contributed by atoms with Crippen LogP contribution in [-0.4, -0.2) is 48.7 Å². The van der Waals surface area contributed by atoms with Crippen LogP contribution in [-0.2, 0) is 0 Å². The first-order valence-electron chi connectivity index (χ1n) is 7.91. The van der Waals surface area contributed by atoms with Gasteiger partial charge in [-0.25, -0.2) is 9.97 Å². The molecule has 1 fully saturated rings. The summed E-state index contributed by atoms with van der Waals surface area (Å²) >= 11 is 0. The molecule has 1 aliphatic rings. The van der Waals surface area contributed by atoms with Crippen molar-refractivity contribution in [3.05, 3.63) is 18.6 Å². The van der Waals surface area contributed by atoms with Crippen LogP contribution in [0.5, 0.6) is 0 Å². The minimum Gasteiger partial charge on any atom is -0.396 e. The lowest BCUT2D eigenvalue weighted by Gasteiger charge is -2.49. The number of aliphatic hydroxyl groups is 3. The molecule has 2 heterocycles. The molecule has 7 heteroatoms. The maximum absolute atomic E-state index is 10.6. The quantitative estimate of drug-likeness (QED) is 0.644. The summed E-state index contributed by atoms with van der Waals surface area (Å²) in [6, 6.07) is 1.45. The highest BCUT2D eigenvalue weighted by Crippen LogP contribution is 2.49. The van der Waals surface area contributed by atoms with Crippen LogP contribution >= 0.6 is 0 Å². The summed E-state index contributed by atoms with van der Waals surface area (Å²) in [6.45, 7) is 3.93. The summed E-state index contributed by atoms with van der Waals surface area (Å²) in [5.41, 5.74) is 6.11. The topological polar surface area (TPSA) is 117 Å². The second-order valence-electron chi connectivity index (χ2n) is 7.01. The second kappa shape index (κ2) is 5.74. The van der Waals surface area contributed by atoms with Gasteiger partial charge in [-0.1, -0.05) is 6.92 Å². The number of hydrogen-bond donors (Lipinski definition) is 4. The number of hydrogen-bond acceptors (Lipinski definition) is 6.